The molecule has 1 aromatic carbocycles. The number of hydrogen-bond acceptors (Lipinski definition) is 2. The Morgan fingerprint density at radius 2 is 2.11 bits per heavy atom. The van der Waals surface area contributed by atoms with Gasteiger partial charge >= 0.3 is 0 Å². The molecule has 0 N–H and O–H groups in total. The Kier molecular flexibility index (Phi) is 3.08. The van der Waals surface area contributed by atoms with Crippen molar-refractivity contribution in [3.63, 3.8) is 0 Å². The molecule has 0 radical (unpaired) electrons. The maximum atomic E-state index is 3.83. The lowest BCUT2D eigenvalue weighted by molar-refractivity contribution is 0.431. The lowest BCUT2D eigenvalue weighted by atomic mass is 9.86. The molecule has 0 amide bonds. The van der Waals surface area contributed by atoms with E-state index in [1.165, 1.54) is 28.0 Å². The molecule has 1 heterocycles. The van der Waals surface area contributed by atoms with Crippen molar-refractivity contribution in [1.82, 2.24) is 4.90 Å². The van der Waals surface area contributed by atoms with Crippen LogP contribution < -0.4 is 0 Å². The highest BCUT2D eigenvalue weighted by Gasteiger charge is 2.24. The summed E-state index contributed by atoms with van der Waals surface area (Å²) in [4.78, 5) is 6.13. The van der Waals surface area contributed by atoms with Crippen LogP contribution in [0.1, 0.15) is 30.9 Å². The minimum absolute atomic E-state index is 0.925. The van der Waals surface area contributed by atoms with E-state index in [0.29, 0.717) is 0 Å². The van der Waals surface area contributed by atoms with Gasteiger partial charge in [0, 0.05) is 30.2 Å². The molecular formula is C17H18N2. The van der Waals surface area contributed by atoms with E-state index in [4.69, 9.17) is 0 Å². The molecule has 2 heteroatoms. The first-order chi connectivity index (χ1) is 9.29. The molecule has 0 aromatic heterocycles. The molecule has 0 atom stereocenters. The van der Waals surface area contributed by atoms with Gasteiger partial charge in [-0.25, -0.2) is 0 Å². The van der Waals surface area contributed by atoms with Gasteiger partial charge in [-0.05, 0) is 37.6 Å². The van der Waals surface area contributed by atoms with E-state index in [9.17, 15) is 0 Å². The summed E-state index contributed by atoms with van der Waals surface area (Å²) in [6, 6.07) is 8.67. The largest absolute Gasteiger partial charge is 0.345 e. The molecule has 0 saturated carbocycles. The van der Waals surface area contributed by atoms with Crippen LogP contribution in [-0.4, -0.2) is 11.6 Å². The molecule has 1 aliphatic heterocycles. The van der Waals surface area contributed by atoms with Gasteiger partial charge in [0.2, 0.25) is 0 Å². The third-order valence-electron chi connectivity index (χ3n) is 3.80. The number of hydrogen-bond donors (Lipinski definition) is 0. The fourth-order valence-corrected chi connectivity index (χ4v) is 2.85. The molecule has 0 spiro atoms. The molecule has 1 aromatic rings. The zero-order valence-electron chi connectivity index (χ0n) is 11.3. The van der Waals surface area contributed by atoms with Crippen LogP contribution in [0.4, 0.5) is 0 Å². The Balaban J connectivity index is 2.13. The van der Waals surface area contributed by atoms with Gasteiger partial charge in [-0.2, -0.15) is 0 Å². The summed E-state index contributed by atoms with van der Waals surface area (Å²) in [5.41, 5.74) is 7.00. The van der Waals surface area contributed by atoms with Crippen molar-refractivity contribution < 1.29 is 0 Å². The first-order valence-electron chi connectivity index (χ1n) is 6.67. The number of rotatable bonds is 2. The minimum atomic E-state index is 0.925. The van der Waals surface area contributed by atoms with Crippen molar-refractivity contribution in [3.05, 3.63) is 65.1 Å². The monoisotopic (exact) mass is 250 g/mol. The highest BCUT2D eigenvalue weighted by atomic mass is 15.1. The number of fused-ring (bicyclic) bond motifs is 2. The van der Waals surface area contributed by atoms with Crippen LogP contribution in [0.3, 0.4) is 0 Å². The van der Waals surface area contributed by atoms with Gasteiger partial charge < -0.3 is 4.90 Å². The Morgan fingerprint density at radius 1 is 1.26 bits per heavy atom. The summed E-state index contributed by atoms with van der Waals surface area (Å²) in [6.07, 6.45) is 8.38. The van der Waals surface area contributed by atoms with Crippen LogP contribution in [0.5, 0.6) is 0 Å². The van der Waals surface area contributed by atoms with E-state index in [-0.39, 0.29) is 0 Å². The van der Waals surface area contributed by atoms with E-state index in [0.717, 1.165) is 19.4 Å². The molecule has 96 valence electrons. The van der Waals surface area contributed by atoms with Gasteiger partial charge in [0.1, 0.15) is 0 Å². The third kappa shape index (κ3) is 2.14. The van der Waals surface area contributed by atoms with Crippen LogP contribution in [0.25, 0.3) is 5.57 Å². The molecule has 2 aliphatic rings. The predicted octanol–water partition coefficient (Wildman–Crippen LogP) is 4.13. The van der Waals surface area contributed by atoms with E-state index in [1.54, 1.807) is 6.20 Å². The average Bonchev–Trinajstić information content (AvgIpc) is 2.44. The van der Waals surface area contributed by atoms with Crippen LogP contribution >= 0.6 is 0 Å². The Hall–Kier alpha value is -2.09. The van der Waals surface area contributed by atoms with Gasteiger partial charge in [-0.1, -0.05) is 35.9 Å². The number of nitrogens with zero attached hydrogens (tertiary/aromatic N) is 2. The second-order valence-electron chi connectivity index (χ2n) is 5.12. The summed E-state index contributed by atoms with van der Waals surface area (Å²) < 4.78 is 0. The van der Waals surface area contributed by atoms with Gasteiger partial charge in [0.05, 0.1) is 0 Å². The van der Waals surface area contributed by atoms with Crippen LogP contribution in [0.15, 0.2) is 59.0 Å². The summed E-state index contributed by atoms with van der Waals surface area (Å²) in [7, 11) is 0. The van der Waals surface area contributed by atoms with Crippen LogP contribution in [0.2, 0.25) is 0 Å². The van der Waals surface area contributed by atoms with Crippen LogP contribution in [-0.2, 0) is 6.54 Å². The Labute approximate surface area is 114 Å². The first-order valence-corrected chi connectivity index (χ1v) is 6.67. The highest BCUT2D eigenvalue weighted by molar-refractivity contribution is 5.81. The van der Waals surface area contributed by atoms with E-state index >= 15 is 0 Å². The Morgan fingerprint density at radius 3 is 2.95 bits per heavy atom. The van der Waals surface area contributed by atoms with Crippen molar-refractivity contribution in [2.75, 3.05) is 0 Å². The van der Waals surface area contributed by atoms with E-state index in [1.807, 2.05) is 6.20 Å². The second-order valence-corrected chi connectivity index (χ2v) is 5.12. The third-order valence-corrected chi connectivity index (χ3v) is 3.80. The first kappa shape index (κ1) is 12.0. The molecular weight excluding hydrogens is 232 g/mol. The average molecular weight is 250 g/mol. The van der Waals surface area contributed by atoms with Crippen molar-refractivity contribution in [2.45, 2.75) is 26.3 Å². The van der Waals surface area contributed by atoms with Crippen molar-refractivity contribution in [2.24, 2.45) is 4.99 Å². The van der Waals surface area contributed by atoms with Crippen molar-refractivity contribution >= 4 is 12.3 Å². The number of benzene rings is 1. The summed E-state index contributed by atoms with van der Waals surface area (Å²) in [5, 5.41) is 0. The molecule has 0 fully saturated rings. The quantitative estimate of drug-likeness (QED) is 0.721. The summed E-state index contributed by atoms with van der Waals surface area (Å²) >= 11 is 0. The standard InChI is InChI=1S/C17H18N2/c1-13-7-8-17-16(11-13)15-6-4-3-5-14(15)12-19(17)10-9-18-2/h3-6,9-11H,2,7-8,12H2,1H3/b10-9-. The zero-order chi connectivity index (χ0) is 13.2. The SMILES string of the molecule is C=N/C=C\N1Cc2ccccc2C2=C1CCC(C)=C2. The van der Waals surface area contributed by atoms with E-state index in [2.05, 4.69) is 53.9 Å². The molecule has 2 nitrogen and oxygen atoms in total. The minimum Gasteiger partial charge on any atom is -0.345 e. The maximum absolute atomic E-state index is 3.83. The number of aliphatic imine (C=N–C) groups is 1. The van der Waals surface area contributed by atoms with Gasteiger partial charge in [0.15, 0.2) is 0 Å². The fraction of sp³-hybridized carbons (Fsp3) is 0.235. The highest BCUT2D eigenvalue weighted by Crippen LogP contribution is 2.38. The van der Waals surface area contributed by atoms with Gasteiger partial charge in [-0.15, -0.1) is 0 Å². The smallest absolute Gasteiger partial charge is 0.0479 e. The predicted molar refractivity (Wildman–Crippen MR) is 80.6 cm³/mol. The van der Waals surface area contributed by atoms with E-state index < -0.39 is 0 Å². The maximum Gasteiger partial charge on any atom is 0.0479 e. The Bertz CT molecular complexity index is 605. The number of allylic oxidation sites excluding steroid dienone is 4. The molecule has 1 aliphatic carbocycles. The molecule has 19 heavy (non-hydrogen) atoms. The summed E-state index contributed by atoms with van der Waals surface area (Å²) in [5.74, 6) is 0. The van der Waals surface area contributed by atoms with Gasteiger partial charge in [-0.3, -0.25) is 4.99 Å². The van der Waals surface area contributed by atoms with Crippen molar-refractivity contribution in [1.29, 1.82) is 0 Å². The fourth-order valence-electron chi connectivity index (χ4n) is 2.85. The summed E-state index contributed by atoms with van der Waals surface area (Å²) in [6.45, 7) is 6.65. The topological polar surface area (TPSA) is 15.6 Å². The van der Waals surface area contributed by atoms with Gasteiger partial charge in [0.25, 0.3) is 0 Å². The molecule has 3 rings (SSSR count). The lowest BCUT2D eigenvalue weighted by Gasteiger charge is -2.34. The molecule has 0 unspecified atom stereocenters. The zero-order valence-corrected chi connectivity index (χ0v) is 11.3. The van der Waals surface area contributed by atoms with Crippen molar-refractivity contribution in [3.8, 4) is 0 Å². The second kappa shape index (κ2) is 4.88. The van der Waals surface area contributed by atoms with Crippen LogP contribution in [0, 0.1) is 0 Å². The molecule has 0 saturated heterocycles. The lowest BCUT2D eigenvalue weighted by Crippen LogP contribution is -2.24. The molecule has 0 bridgehead atoms. The normalized spacial score (nSPS) is 18.2.